The van der Waals surface area contributed by atoms with Crippen molar-refractivity contribution < 1.29 is 9.00 Å². The Hall–Kier alpha value is -2.14. The Kier molecular flexibility index (Phi) is 4.75. The molecule has 0 bridgehead atoms. The zero-order chi connectivity index (χ0) is 15.4. The first kappa shape index (κ1) is 15.3. The summed E-state index contributed by atoms with van der Waals surface area (Å²) >= 11 is 0. The number of amides is 1. The Balaban J connectivity index is 2.05. The molecule has 2 rings (SSSR count). The van der Waals surface area contributed by atoms with Crippen LogP contribution in [0.15, 0.2) is 47.4 Å². The van der Waals surface area contributed by atoms with Gasteiger partial charge in [-0.1, -0.05) is 18.2 Å². The summed E-state index contributed by atoms with van der Waals surface area (Å²) in [5.74, 6) is -0.334. The average Bonchev–Trinajstić information content (AvgIpc) is 2.42. The minimum absolute atomic E-state index is 0.0608. The van der Waals surface area contributed by atoms with Gasteiger partial charge < -0.3 is 11.1 Å². The molecule has 0 aliphatic rings. The third-order valence-electron chi connectivity index (χ3n) is 3.13. The van der Waals surface area contributed by atoms with Crippen molar-refractivity contribution in [2.24, 2.45) is 0 Å². The van der Waals surface area contributed by atoms with Gasteiger partial charge in [0, 0.05) is 16.3 Å². The Bertz CT molecular complexity index is 698. The van der Waals surface area contributed by atoms with Crippen molar-refractivity contribution in [3.05, 3.63) is 53.6 Å². The number of aryl methyl sites for hydroxylation is 2. The van der Waals surface area contributed by atoms with Crippen LogP contribution < -0.4 is 11.1 Å². The molecular formula is C16H18N2O2S. The predicted octanol–water partition coefficient (Wildman–Crippen LogP) is 2.63. The number of carbonyl (C=O) groups excluding carboxylic acids is 1. The Morgan fingerprint density at radius 1 is 1.14 bits per heavy atom. The van der Waals surface area contributed by atoms with E-state index in [0.717, 1.165) is 11.1 Å². The van der Waals surface area contributed by atoms with Gasteiger partial charge in [-0.2, -0.15) is 0 Å². The molecular weight excluding hydrogens is 284 g/mol. The highest BCUT2D eigenvalue weighted by Crippen LogP contribution is 2.18. The number of rotatable bonds is 4. The fraction of sp³-hybridized carbons (Fsp3) is 0.188. The standard InChI is InChI=1S/C16H18N2O2S/c1-11-5-3-4-6-15(11)21(20)10-16(19)18-14-8-7-13(17)9-12(14)2/h3-9H,10,17H2,1-2H3,(H,18,19). The molecule has 0 saturated carbocycles. The first-order chi connectivity index (χ1) is 9.97. The number of nitrogens with two attached hydrogens (primary N) is 1. The lowest BCUT2D eigenvalue weighted by Crippen LogP contribution is -2.20. The number of hydrogen-bond donors (Lipinski definition) is 2. The monoisotopic (exact) mass is 302 g/mol. The topological polar surface area (TPSA) is 72.2 Å². The number of carbonyl (C=O) groups is 1. The molecule has 0 radical (unpaired) electrons. The van der Waals surface area contributed by atoms with Crippen molar-refractivity contribution in [3.8, 4) is 0 Å². The molecule has 0 saturated heterocycles. The van der Waals surface area contributed by atoms with Gasteiger partial charge in [-0.3, -0.25) is 9.00 Å². The fourth-order valence-electron chi connectivity index (χ4n) is 2.02. The first-order valence-electron chi connectivity index (χ1n) is 6.57. The fourth-order valence-corrected chi connectivity index (χ4v) is 3.15. The summed E-state index contributed by atoms with van der Waals surface area (Å²) in [6.45, 7) is 3.75. The molecule has 1 amide bonds. The van der Waals surface area contributed by atoms with Crippen LogP contribution in [0.25, 0.3) is 0 Å². The van der Waals surface area contributed by atoms with E-state index in [9.17, 15) is 9.00 Å². The lowest BCUT2D eigenvalue weighted by atomic mass is 10.2. The minimum atomic E-state index is -1.35. The molecule has 2 aromatic rings. The predicted molar refractivity (Wildman–Crippen MR) is 86.7 cm³/mol. The zero-order valence-electron chi connectivity index (χ0n) is 12.1. The second-order valence-corrected chi connectivity index (χ2v) is 6.30. The average molecular weight is 302 g/mol. The largest absolute Gasteiger partial charge is 0.399 e. The van der Waals surface area contributed by atoms with E-state index in [0.29, 0.717) is 16.3 Å². The van der Waals surface area contributed by atoms with Crippen LogP contribution in [0, 0.1) is 13.8 Å². The van der Waals surface area contributed by atoms with Gasteiger partial charge in [-0.15, -0.1) is 0 Å². The van der Waals surface area contributed by atoms with Crippen LogP contribution in [0.5, 0.6) is 0 Å². The highest BCUT2D eigenvalue weighted by Gasteiger charge is 2.13. The van der Waals surface area contributed by atoms with Gasteiger partial charge in [0.1, 0.15) is 5.75 Å². The number of anilines is 2. The molecule has 0 aliphatic carbocycles. The lowest BCUT2D eigenvalue weighted by molar-refractivity contribution is -0.113. The maximum Gasteiger partial charge on any atom is 0.237 e. The van der Waals surface area contributed by atoms with Gasteiger partial charge in [0.2, 0.25) is 5.91 Å². The number of hydrogen-bond acceptors (Lipinski definition) is 3. The number of benzene rings is 2. The van der Waals surface area contributed by atoms with Crippen LogP contribution in [-0.4, -0.2) is 15.9 Å². The van der Waals surface area contributed by atoms with Crippen molar-refractivity contribution >= 4 is 28.1 Å². The van der Waals surface area contributed by atoms with E-state index in [-0.39, 0.29) is 11.7 Å². The van der Waals surface area contributed by atoms with E-state index in [2.05, 4.69) is 5.32 Å². The molecule has 2 aromatic carbocycles. The molecule has 1 atom stereocenters. The normalized spacial score (nSPS) is 11.9. The maximum atomic E-state index is 12.2. The molecule has 4 nitrogen and oxygen atoms in total. The number of nitrogen functional groups attached to an aromatic ring is 1. The van der Waals surface area contributed by atoms with Crippen LogP contribution in [0.3, 0.4) is 0 Å². The third-order valence-corrected chi connectivity index (χ3v) is 4.60. The first-order valence-corrected chi connectivity index (χ1v) is 7.89. The van der Waals surface area contributed by atoms with Gasteiger partial charge in [0.05, 0.1) is 10.8 Å². The second kappa shape index (κ2) is 6.54. The zero-order valence-corrected chi connectivity index (χ0v) is 12.9. The Labute approximate surface area is 126 Å². The molecule has 0 aromatic heterocycles. The smallest absolute Gasteiger partial charge is 0.237 e. The summed E-state index contributed by atoms with van der Waals surface area (Å²) in [5, 5.41) is 2.77. The Morgan fingerprint density at radius 2 is 1.86 bits per heavy atom. The maximum absolute atomic E-state index is 12.2. The summed E-state index contributed by atoms with van der Waals surface area (Å²) in [7, 11) is -1.35. The lowest BCUT2D eigenvalue weighted by Gasteiger charge is -2.09. The van der Waals surface area contributed by atoms with E-state index >= 15 is 0 Å². The van der Waals surface area contributed by atoms with Gasteiger partial charge in [-0.05, 0) is 49.2 Å². The molecule has 0 spiro atoms. The van der Waals surface area contributed by atoms with E-state index in [1.165, 1.54) is 0 Å². The van der Waals surface area contributed by atoms with Crippen molar-refractivity contribution in [1.82, 2.24) is 0 Å². The molecule has 21 heavy (non-hydrogen) atoms. The van der Waals surface area contributed by atoms with E-state index in [1.54, 1.807) is 24.3 Å². The summed E-state index contributed by atoms with van der Waals surface area (Å²) < 4.78 is 12.2. The van der Waals surface area contributed by atoms with Crippen molar-refractivity contribution in [2.75, 3.05) is 16.8 Å². The van der Waals surface area contributed by atoms with Gasteiger partial charge >= 0.3 is 0 Å². The number of nitrogens with one attached hydrogen (secondary N) is 1. The van der Waals surface area contributed by atoms with Crippen LogP contribution in [-0.2, 0) is 15.6 Å². The van der Waals surface area contributed by atoms with E-state index < -0.39 is 10.8 Å². The Morgan fingerprint density at radius 3 is 2.52 bits per heavy atom. The third kappa shape index (κ3) is 3.92. The molecule has 0 heterocycles. The highest BCUT2D eigenvalue weighted by atomic mass is 32.2. The highest BCUT2D eigenvalue weighted by molar-refractivity contribution is 7.85. The van der Waals surface area contributed by atoms with Crippen molar-refractivity contribution in [1.29, 1.82) is 0 Å². The van der Waals surface area contributed by atoms with Gasteiger partial charge in [-0.25, -0.2) is 0 Å². The SMILES string of the molecule is Cc1cc(N)ccc1NC(=O)CS(=O)c1ccccc1C. The molecule has 3 N–H and O–H groups in total. The van der Waals surface area contributed by atoms with Crippen molar-refractivity contribution in [3.63, 3.8) is 0 Å². The minimum Gasteiger partial charge on any atom is -0.399 e. The van der Waals surface area contributed by atoms with E-state index in [1.807, 2.05) is 32.0 Å². The van der Waals surface area contributed by atoms with Crippen LogP contribution in [0.2, 0.25) is 0 Å². The van der Waals surface area contributed by atoms with Crippen LogP contribution in [0.4, 0.5) is 11.4 Å². The molecule has 5 heteroatoms. The quantitative estimate of drug-likeness (QED) is 0.853. The summed E-state index contributed by atoms with van der Waals surface area (Å²) in [6, 6.07) is 12.6. The molecule has 1 unspecified atom stereocenters. The van der Waals surface area contributed by atoms with Crippen molar-refractivity contribution in [2.45, 2.75) is 18.7 Å². The molecule has 0 fully saturated rings. The van der Waals surface area contributed by atoms with Crippen LogP contribution >= 0.6 is 0 Å². The van der Waals surface area contributed by atoms with E-state index in [4.69, 9.17) is 5.73 Å². The molecule has 0 aliphatic heterocycles. The summed E-state index contributed by atoms with van der Waals surface area (Å²) in [5.41, 5.74) is 8.81. The summed E-state index contributed by atoms with van der Waals surface area (Å²) in [6.07, 6.45) is 0. The van der Waals surface area contributed by atoms with Gasteiger partial charge in [0.25, 0.3) is 0 Å². The second-order valence-electron chi connectivity index (χ2n) is 4.88. The summed E-state index contributed by atoms with van der Waals surface area (Å²) in [4.78, 5) is 12.7. The van der Waals surface area contributed by atoms with Gasteiger partial charge in [0.15, 0.2) is 0 Å². The van der Waals surface area contributed by atoms with Crippen LogP contribution in [0.1, 0.15) is 11.1 Å². The molecule has 110 valence electrons.